The van der Waals surface area contributed by atoms with Crippen LogP contribution in [0.1, 0.15) is 207 Å². The van der Waals surface area contributed by atoms with Gasteiger partial charge in [-0.05, 0) is 64.2 Å². The lowest BCUT2D eigenvalue weighted by atomic mass is 10.0. The Hall–Kier alpha value is -3.22. The minimum atomic E-state index is -0.810. The summed E-state index contributed by atoms with van der Waals surface area (Å²) in [5.41, 5.74) is 0. The molecule has 60 heavy (non-hydrogen) atoms. The number of allylic oxidation sites excluding steroid dienone is 16. The summed E-state index contributed by atoms with van der Waals surface area (Å²) in [6.45, 7) is 6.17. The fourth-order valence-electron chi connectivity index (χ4n) is 6.92. The summed E-state index contributed by atoms with van der Waals surface area (Å²) in [5.74, 6) is -0.567. The van der Waals surface area contributed by atoms with Gasteiger partial charge in [-0.3, -0.25) is 9.59 Å². The highest BCUT2D eigenvalue weighted by molar-refractivity contribution is 5.77. The number of carbonyl (C=O) groups is 2. The second-order valence-electron chi connectivity index (χ2n) is 16.3. The average Bonchev–Trinajstić information content (AvgIpc) is 3.24. The molecule has 0 radical (unpaired) electrons. The van der Waals surface area contributed by atoms with E-state index in [9.17, 15) is 19.8 Å². The van der Waals surface area contributed by atoms with E-state index in [1.54, 1.807) is 0 Å². The van der Waals surface area contributed by atoms with Crippen LogP contribution in [0.2, 0.25) is 0 Å². The van der Waals surface area contributed by atoms with Crippen LogP contribution in [0.3, 0.4) is 0 Å². The molecule has 6 heteroatoms. The van der Waals surface area contributed by atoms with Crippen LogP contribution in [0.5, 0.6) is 0 Å². The van der Waals surface area contributed by atoms with Gasteiger partial charge in [-0.2, -0.15) is 0 Å². The average molecular weight is 834 g/mol. The van der Waals surface area contributed by atoms with Gasteiger partial charge < -0.3 is 20.3 Å². The predicted molar refractivity (Wildman–Crippen MR) is 259 cm³/mol. The number of nitrogens with one attached hydrogen (secondary N) is 1. The van der Waals surface area contributed by atoms with Crippen molar-refractivity contribution >= 4 is 11.9 Å². The number of hydrogen-bond acceptors (Lipinski definition) is 5. The molecular weight excluding hydrogens is 743 g/mol. The fraction of sp³-hybridized carbons (Fsp3) is 0.667. The first-order valence-corrected chi connectivity index (χ1v) is 24.6. The van der Waals surface area contributed by atoms with E-state index in [2.05, 4.69) is 68.6 Å². The normalized spacial score (nSPS) is 14.2. The van der Waals surface area contributed by atoms with Gasteiger partial charge in [0.25, 0.3) is 0 Å². The van der Waals surface area contributed by atoms with Gasteiger partial charge in [0, 0.05) is 6.42 Å². The van der Waals surface area contributed by atoms with Crippen LogP contribution < -0.4 is 5.32 Å². The monoisotopic (exact) mass is 834 g/mol. The Kier molecular flexibility index (Phi) is 44.3. The first kappa shape index (κ1) is 56.8. The first-order chi connectivity index (χ1) is 29.5. The first-order valence-electron chi connectivity index (χ1n) is 24.6. The molecule has 6 nitrogen and oxygen atoms in total. The van der Waals surface area contributed by atoms with Crippen molar-refractivity contribution in [3.05, 3.63) is 97.2 Å². The van der Waals surface area contributed by atoms with Gasteiger partial charge >= 0.3 is 5.97 Å². The van der Waals surface area contributed by atoms with Crippen molar-refractivity contribution in [2.45, 2.75) is 225 Å². The number of aliphatic hydroxyl groups is 2. The zero-order chi connectivity index (χ0) is 43.8. The van der Waals surface area contributed by atoms with Gasteiger partial charge in [0.05, 0.1) is 25.2 Å². The molecule has 0 saturated heterocycles. The number of carbonyl (C=O) groups excluding carboxylic acids is 2. The van der Waals surface area contributed by atoms with Crippen LogP contribution >= 0.6 is 0 Å². The number of rotatable bonds is 42. The summed E-state index contributed by atoms with van der Waals surface area (Å²) in [4.78, 5) is 26.1. The van der Waals surface area contributed by atoms with Crippen molar-refractivity contribution in [1.82, 2.24) is 5.32 Å². The zero-order valence-corrected chi connectivity index (χ0v) is 38.8. The second-order valence-corrected chi connectivity index (χ2v) is 16.3. The molecular formula is C54H91NO5. The summed E-state index contributed by atoms with van der Waals surface area (Å²) < 4.78 is 5.88. The third-order valence-electron chi connectivity index (χ3n) is 10.6. The lowest BCUT2D eigenvalue weighted by Gasteiger charge is -2.24. The number of unbranched alkanes of at least 4 members (excludes halogenated alkanes) is 20. The Labute approximate surface area is 369 Å². The minimum Gasteiger partial charge on any atom is -0.462 e. The summed E-state index contributed by atoms with van der Waals surface area (Å²) >= 11 is 0. The molecule has 3 atom stereocenters. The number of amides is 1. The molecule has 0 aromatic rings. The van der Waals surface area contributed by atoms with Gasteiger partial charge in [-0.25, -0.2) is 0 Å². The van der Waals surface area contributed by atoms with Gasteiger partial charge in [0.1, 0.15) is 6.10 Å². The van der Waals surface area contributed by atoms with E-state index in [0.717, 1.165) is 83.5 Å². The van der Waals surface area contributed by atoms with Gasteiger partial charge in [-0.15, -0.1) is 0 Å². The van der Waals surface area contributed by atoms with E-state index in [0.29, 0.717) is 19.3 Å². The molecule has 342 valence electrons. The van der Waals surface area contributed by atoms with E-state index in [1.807, 2.05) is 54.7 Å². The number of aliphatic hydroxyl groups excluding tert-OH is 2. The van der Waals surface area contributed by atoms with Crippen LogP contribution in [-0.4, -0.2) is 46.9 Å². The summed E-state index contributed by atoms with van der Waals surface area (Å²) in [6, 6.07) is -0.727. The van der Waals surface area contributed by atoms with E-state index in [1.165, 1.54) is 77.0 Å². The molecule has 0 aliphatic carbocycles. The van der Waals surface area contributed by atoms with Crippen molar-refractivity contribution < 1.29 is 24.5 Å². The van der Waals surface area contributed by atoms with Crippen molar-refractivity contribution in [3.63, 3.8) is 0 Å². The van der Waals surface area contributed by atoms with Crippen LogP contribution in [0.4, 0.5) is 0 Å². The molecule has 0 rings (SSSR count). The second kappa shape index (κ2) is 46.8. The highest BCUT2D eigenvalue weighted by atomic mass is 16.5. The zero-order valence-electron chi connectivity index (χ0n) is 38.8. The maximum atomic E-state index is 13.2. The topological polar surface area (TPSA) is 95.9 Å². The lowest BCUT2D eigenvalue weighted by Crippen LogP contribution is -2.46. The van der Waals surface area contributed by atoms with Crippen LogP contribution in [0, 0.1) is 0 Å². The Morgan fingerprint density at radius 2 is 0.900 bits per heavy atom. The molecule has 0 bridgehead atoms. The molecule has 0 aromatic heterocycles. The Bertz CT molecular complexity index is 1210. The van der Waals surface area contributed by atoms with Crippen molar-refractivity contribution in [1.29, 1.82) is 0 Å². The molecule has 3 N–H and O–H groups in total. The molecule has 0 saturated carbocycles. The molecule has 0 aromatic carbocycles. The number of ether oxygens (including phenoxy) is 1. The highest BCUT2D eigenvalue weighted by Gasteiger charge is 2.24. The summed E-state index contributed by atoms with van der Waals surface area (Å²) in [7, 11) is 0. The van der Waals surface area contributed by atoms with Crippen molar-refractivity contribution in [2.24, 2.45) is 0 Å². The lowest BCUT2D eigenvalue weighted by molar-refractivity contribution is -0.151. The largest absolute Gasteiger partial charge is 0.462 e. The predicted octanol–water partition coefficient (Wildman–Crippen LogP) is 14.6. The van der Waals surface area contributed by atoms with Gasteiger partial charge in [0.2, 0.25) is 5.91 Å². The van der Waals surface area contributed by atoms with Gasteiger partial charge in [-0.1, -0.05) is 227 Å². The van der Waals surface area contributed by atoms with Crippen LogP contribution in [0.25, 0.3) is 0 Å². The SMILES string of the molecule is CC/C=C/C=C/C=C\C=C/C=C/CCCCCC(=O)OC(CCCCC\C=C/C=C/C=C/CC)CC(=O)NC(CO)C(O)CCCCCCCCCCCCCCCCC. The standard InChI is InChI=1S/C54H91NO5/c1-4-7-10-13-16-19-22-24-26-28-31-34-37-40-43-46-52(57)51(49-56)55-53(58)48-50(45-42-39-36-33-30-21-18-15-12-9-6-3)60-54(59)47-44-41-38-35-32-29-27-25-23-20-17-14-11-8-5-2/h8-9,11-12,14-15,17-18,20-21,23,25,27,29-30,32,50-52,56-57H,4-7,10,13,16,19,22,24,26,28,31,33-49H2,1-3H3,(H,55,58)/b11-8+,12-9+,17-14+,18-15+,23-20-,27-25-,30-21-,32-29+. The molecule has 0 spiro atoms. The van der Waals surface area contributed by atoms with Gasteiger partial charge in [0.15, 0.2) is 0 Å². The smallest absolute Gasteiger partial charge is 0.306 e. The molecule has 0 heterocycles. The third kappa shape index (κ3) is 41.5. The minimum absolute atomic E-state index is 0.0313. The van der Waals surface area contributed by atoms with Crippen molar-refractivity contribution in [2.75, 3.05) is 6.61 Å². The van der Waals surface area contributed by atoms with E-state index >= 15 is 0 Å². The molecule has 3 unspecified atom stereocenters. The highest BCUT2D eigenvalue weighted by Crippen LogP contribution is 2.17. The Morgan fingerprint density at radius 1 is 0.500 bits per heavy atom. The molecule has 0 aliphatic rings. The molecule has 0 aliphatic heterocycles. The summed E-state index contributed by atoms with van der Waals surface area (Å²) in [6.07, 6.45) is 61.8. The van der Waals surface area contributed by atoms with E-state index < -0.39 is 18.2 Å². The van der Waals surface area contributed by atoms with Crippen LogP contribution in [0.15, 0.2) is 97.2 Å². The Balaban J connectivity index is 4.66. The number of hydrogen-bond donors (Lipinski definition) is 3. The third-order valence-corrected chi connectivity index (χ3v) is 10.6. The van der Waals surface area contributed by atoms with E-state index in [4.69, 9.17) is 4.74 Å². The quantitative estimate of drug-likeness (QED) is 0.0323. The summed E-state index contributed by atoms with van der Waals surface area (Å²) in [5, 5.41) is 23.7. The van der Waals surface area contributed by atoms with E-state index in [-0.39, 0.29) is 24.9 Å². The van der Waals surface area contributed by atoms with Crippen molar-refractivity contribution in [3.8, 4) is 0 Å². The van der Waals surface area contributed by atoms with Crippen LogP contribution in [-0.2, 0) is 14.3 Å². The number of esters is 1. The molecule has 1 amide bonds. The Morgan fingerprint density at radius 3 is 1.37 bits per heavy atom. The molecule has 0 fully saturated rings. The maximum absolute atomic E-state index is 13.2. The maximum Gasteiger partial charge on any atom is 0.306 e. The fourth-order valence-corrected chi connectivity index (χ4v) is 6.92.